The molecule has 4 rings (SSSR count). The number of benzene rings is 1. The van der Waals surface area contributed by atoms with E-state index >= 15 is 0 Å². The van der Waals surface area contributed by atoms with Crippen molar-refractivity contribution in [1.82, 2.24) is 10.2 Å². The van der Waals surface area contributed by atoms with E-state index in [0.29, 0.717) is 37.4 Å². The summed E-state index contributed by atoms with van der Waals surface area (Å²) in [4.78, 5) is 41.8. The lowest BCUT2D eigenvalue weighted by atomic mass is 9.95. The molecule has 1 aromatic rings. The maximum atomic E-state index is 13.1. The molecular formula is C22H27N3O4. The van der Waals surface area contributed by atoms with Crippen LogP contribution in [0.2, 0.25) is 0 Å². The third-order valence-electron chi connectivity index (χ3n) is 5.94. The van der Waals surface area contributed by atoms with Crippen LogP contribution in [0.3, 0.4) is 0 Å². The Bertz CT molecular complexity index is 831. The summed E-state index contributed by atoms with van der Waals surface area (Å²) in [5.74, 6) is -0.645. The van der Waals surface area contributed by atoms with Crippen LogP contribution in [-0.4, -0.2) is 61.5 Å². The molecule has 2 fully saturated rings. The second-order valence-corrected chi connectivity index (χ2v) is 7.87. The molecule has 3 heterocycles. The van der Waals surface area contributed by atoms with E-state index in [-0.39, 0.29) is 29.7 Å². The van der Waals surface area contributed by atoms with E-state index in [2.05, 4.69) is 16.8 Å². The molecule has 0 aliphatic carbocycles. The molecule has 2 unspecified atom stereocenters. The Hall–Kier alpha value is -2.67. The van der Waals surface area contributed by atoms with Crippen LogP contribution in [0.5, 0.6) is 0 Å². The number of piperidine rings is 1. The van der Waals surface area contributed by atoms with E-state index in [1.165, 1.54) is 4.90 Å². The fourth-order valence-corrected chi connectivity index (χ4v) is 4.46. The van der Waals surface area contributed by atoms with Crippen molar-refractivity contribution in [3.05, 3.63) is 42.0 Å². The van der Waals surface area contributed by atoms with Crippen LogP contribution < -0.4 is 10.2 Å². The molecule has 1 aromatic carbocycles. The van der Waals surface area contributed by atoms with Gasteiger partial charge in [0.2, 0.25) is 5.91 Å². The molecule has 2 saturated heterocycles. The number of fused-ring (bicyclic) bond motifs is 1. The number of anilines is 1. The van der Waals surface area contributed by atoms with Gasteiger partial charge >= 0.3 is 0 Å². The first kappa shape index (κ1) is 19.6. The molecule has 0 radical (unpaired) electrons. The van der Waals surface area contributed by atoms with Crippen LogP contribution in [-0.2, 0) is 9.53 Å². The molecule has 3 amide bonds. The summed E-state index contributed by atoms with van der Waals surface area (Å²) in [6, 6.07) is 5.41. The highest BCUT2D eigenvalue weighted by Gasteiger charge is 2.40. The van der Waals surface area contributed by atoms with Crippen molar-refractivity contribution in [2.24, 2.45) is 5.92 Å². The first-order valence-corrected chi connectivity index (χ1v) is 10.3. The minimum absolute atomic E-state index is 0.00425. The van der Waals surface area contributed by atoms with Crippen molar-refractivity contribution in [2.75, 3.05) is 37.7 Å². The Morgan fingerprint density at radius 3 is 2.86 bits per heavy atom. The highest BCUT2D eigenvalue weighted by molar-refractivity contribution is 6.23. The molecule has 1 N–H and O–H groups in total. The second kappa shape index (κ2) is 8.37. The van der Waals surface area contributed by atoms with Crippen LogP contribution >= 0.6 is 0 Å². The lowest BCUT2D eigenvalue weighted by Crippen LogP contribution is -2.43. The van der Waals surface area contributed by atoms with Gasteiger partial charge in [-0.25, -0.2) is 0 Å². The highest BCUT2D eigenvalue weighted by atomic mass is 16.5. The Balaban J connectivity index is 1.55. The summed E-state index contributed by atoms with van der Waals surface area (Å²) < 4.78 is 5.62. The predicted octanol–water partition coefficient (Wildman–Crippen LogP) is 1.98. The van der Waals surface area contributed by atoms with E-state index in [9.17, 15) is 14.4 Å². The molecule has 7 heteroatoms. The Morgan fingerprint density at radius 2 is 2.10 bits per heavy atom. The van der Waals surface area contributed by atoms with Gasteiger partial charge in [-0.15, -0.1) is 6.58 Å². The number of carbonyl (C=O) groups excluding carboxylic acids is 3. The molecule has 0 saturated carbocycles. The smallest absolute Gasteiger partial charge is 0.263 e. The normalized spacial score (nSPS) is 24.0. The molecular weight excluding hydrogens is 370 g/mol. The average Bonchev–Trinajstić information content (AvgIpc) is 3.35. The van der Waals surface area contributed by atoms with Gasteiger partial charge in [0.15, 0.2) is 0 Å². The van der Waals surface area contributed by atoms with Gasteiger partial charge in [0.05, 0.1) is 35.4 Å². The topological polar surface area (TPSA) is 79.0 Å². The highest BCUT2D eigenvalue weighted by Crippen LogP contribution is 2.34. The van der Waals surface area contributed by atoms with Gasteiger partial charge in [-0.05, 0) is 37.8 Å². The summed E-state index contributed by atoms with van der Waals surface area (Å²) in [6.45, 7) is 6.36. The SMILES string of the molecule is C=CCNC(=O)C1CCCN(c2cccc3c2C(=O)N(CC2CCCO2)C3=O)C1. The fraction of sp³-hybridized carbons (Fsp3) is 0.500. The third kappa shape index (κ3) is 3.79. The Labute approximate surface area is 170 Å². The zero-order chi connectivity index (χ0) is 20.4. The standard InChI is InChI=1S/C22H27N3O4/c1-2-10-23-20(26)15-6-4-11-24(13-15)18-9-3-8-17-19(18)22(28)25(21(17)27)14-16-7-5-12-29-16/h2-3,8-9,15-16H,1,4-7,10-14H2,(H,23,26). The van der Waals surface area contributed by atoms with Crippen molar-refractivity contribution in [3.63, 3.8) is 0 Å². The molecule has 29 heavy (non-hydrogen) atoms. The van der Waals surface area contributed by atoms with E-state index in [4.69, 9.17) is 4.74 Å². The maximum absolute atomic E-state index is 13.1. The number of hydrogen-bond acceptors (Lipinski definition) is 5. The Morgan fingerprint density at radius 1 is 1.24 bits per heavy atom. The van der Waals surface area contributed by atoms with E-state index in [0.717, 1.165) is 37.9 Å². The number of nitrogens with one attached hydrogen (secondary N) is 1. The van der Waals surface area contributed by atoms with Crippen LogP contribution in [0.1, 0.15) is 46.4 Å². The molecule has 7 nitrogen and oxygen atoms in total. The van der Waals surface area contributed by atoms with Gasteiger partial charge in [-0.1, -0.05) is 12.1 Å². The fourth-order valence-electron chi connectivity index (χ4n) is 4.46. The van der Waals surface area contributed by atoms with Crippen LogP contribution in [0.15, 0.2) is 30.9 Å². The molecule has 0 spiro atoms. The molecule has 0 bridgehead atoms. The summed E-state index contributed by atoms with van der Waals surface area (Å²) >= 11 is 0. The van der Waals surface area contributed by atoms with Gasteiger partial charge in [0, 0.05) is 26.2 Å². The first-order chi connectivity index (χ1) is 14.1. The van der Waals surface area contributed by atoms with Gasteiger partial charge in [-0.3, -0.25) is 19.3 Å². The number of carbonyl (C=O) groups is 3. The minimum Gasteiger partial charge on any atom is -0.376 e. The molecule has 3 aliphatic heterocycles. The van der Waals surface area contributed by atoms with Crippen LogP contribution in [0.4, 0.5) is 5.69 Å². The van der Waals surface area contributed by atoms with Crippen LogP contribution in [0, 0.1) is 5.92 Å². The Kier molecular flexibility index (Phi) is 5.67. The largest absolute Gasteiger partial charge is 0.376 e. The van der Waals surface area contributed by atoms with Gasteiger partial charge in [0.25, 0.3) is 11.8 Å². The molecule has 2 atom stereocenters. The number of ether oxygens (including phenoxy) is 1. The van der Waals surface area contributed by atoms with Crippen LogP contribution in [0.25, 0.3) is 0 Å². The third-order valence-corrected chi connectivity index (χ3v) is 5.94. The number of hydrogen-bond donors (Lipinski definition) is 1. The van der Waals surface area contributed by atoms with Gasteiger partial charge in [-0.2, -0.15) is 0 Å². The lowest BCUT2D eigenvalue weighted by molar-refractivity contribution is -0.125. The monoisotopic (exact) mass is 397 g/mol. The first-order valence-electron chi connectivity index (χ1n) is 10.3. The zero-order valence-corrected chi connectivity index (χ0v) is 16.6. The predicted molar refractivity (Wildman–Crippen MR) is 109 cm³/mol. The van der Waals surface area contributed by atoms with E-state index in [1.54, 1.807) is 12.1 Å². The zero-order valence-electron chi connectivity index (χ0n) is 16.6. The summed E-state index contributed by atoms with van der Waals surface area (Å²) in [7, 11) is 0. The van der Waals surface area contributed by atoms with E-state index < -0.39 is 0 Å². The summed E-state index contributed by atoms with van der Waals surface area (Å²) in [6.07, 6.45) is 5.09. The summed E-state index contributed by atoms with van der Waals surface area (Å²) in [5, 5.41) is 2.86. The number of imide groups is 1. The summed E-state index contributed by atoms with van der Waals surface area (Å²) in [5.41, 5.74) is 1.66. The average molecular weight is 397 g/mol. The number of rotatable bonds is 6. The quantitative estimate of drug-likeness (QED) is 0.587. The molecule has 154 valence electrons. The van der Waals surface area contributed by atoms with Gasteiger partial charge in [0.1, 0.15) is 0 Å². The van der Waals surface area contributed by atoms with Crippen molar-refractivity contribution < 1.29 is 19.1 Å². The number of amides is 3. The van der Waals surface area contributed by atoms with Crippen molar-refractivity contribution in [1.29, 1.82) is 0 Å². The van der Waals surface area contributed by atoms with Crippen molar-refractivity contribution >= 4 is 23.4 Å². The molecule has 3 aliphatic rings. The van der Waals surface area contributed by atoms with Gasteiger partial charge < -0.3 is 15.0 Å². The number of nitrogens with zero attached hydrogens (tertiary/aromatic N) is 2. The second-order valence-electron chi connectivity index (χ2n) is 7.87. The van der Waals surface area contributed by atoms with Crippen molar-refractivity contribution in [3.8, 4) is 0 Å². The maximum Gasteiger partial charge on any atom is 0.263 e. The van der Waals surface area contributed by atoms with Crippen molar-refractivity contribution in [2.45, 2.75) is 31.8 Å². The minimum atomic E-state index is -0.255. The molecule has 0 aromatic heterocycles. The lowest BCUT2D eigenvalue weighted by Gasteiger charge is -2.34. The van der Waals surface area contributed by atoms with E-state index in [1.807, 2.05) is 12.1 Å².